The van der Waals surface area contributed by atoms with E-state index >= 15 is 0 Å². The third-order valence-corrected chi connectivity index (χ3v) is 5.36. The van der Waals surface area contributed by atoms with Gasteiger partial charge in [0, 0.05) is 5.57 Å². The molecule has 1 rings (SSSR count). The molecule has 0 radical (unpaired) electrons. The van der Waals surface area contributed by atoms with Crippen LogP contribution in [-0.4, -0.2) is 38.7 Å². The molecule has 0 saturated carbocycles. The Morgan fingerprint density at radius 3 is 1.60 bits per heavy atom. The van der Waals surface area contributed by atoms with E-state index in [1.54, 1.807) is 0 Å². The maximum absolute atomic E-state index is 9.67. The van der Waals surface area contributed by atoms with Gasteiger partial charge in [-0.15, -0.1) is 0 Å². The van der Waals surface area contributed by atoms with E-state index in [1.807, 2.05) is 0 Å². The fourth-order valence-corrected chi connectivity index (χ4v) is 3.69. The molecule has 0 spiro atoms. The number of halogens is 4. The lowest BCUT2D eigenvalue weighted by Crippen LogP contribution is -3.00. The largest absolute Gasteiger partial charge is 1.00 e. The van der Waals surface area contributed by atoms with Crippen LogP contribution in [0.1, 0.15) is 83.6 Å². The molecule has 1 aromatic rings. The molecule has 0 bridgehead atoms. The van der Waals surface area contributed by atoms with E-state index in [2.05, 4.69) is 57.8 Å². The van der Waals surface area contributed by atoms with Crippen molar-refractivity contribution in [3.63, 3.8) is 0 Å². The Kier molecular flexibility index (Phi) is 20.2. The number of nitrogens with zero attached hydrogens (tertiary/aromatic N) is 1. The predicted molar refractivity (Wildman–Crippen MR) is 123 cm³/mol. The summed E-state index contributed by atoms with van der Waals surface area (Å²) in [6.07, 6.45) is 13.7. The lowest BCUT2D eigenvalue weighted by Gasteiger charge is -2.35. The van der Waals surface area contributed by atoms with Gasteiger partial charge in [0.25, 0.3) is 0 Å². The van der Waals surface area contributed by atoms with Crippen LogP contribution in [0, 0.1) is 0 Å². The van der Waals surface area contributed by atoms with Crippen LogP contribution < -0.4 is 4.70 Å². The number of likely N-dealkylation sites (N-methyl/N-ethyl adjacent to an activating group) is 1. The van der Waals surface area contributed by atoms with Crippen LogP contribution in [0.2, 0.25) is 0 Å². The first kappa shape index (κ1) is 30.9. The molecule has 0 unspecified atom stereocenters. The Hall–Kier alpha value is -1.30. The summed E-state index contributed by atoms with van der Waals surface area (Å²) in [5.41, 5.74) is 2.61. The first-order valence-corrected chi connectivity index (χ1v) is 11.3. The number of hydrogen-bond donors (Lipinski definition) is 0. The maximum atomic E-state index is 9.67. The van der Waals surface area contributed by atoms with Crippen molar-refractivity contribution in [3.05, 3.63) is 42.5 Å². The van der Waals surface area contributed by atoms with Crippen molar-refractivity contribution in [2.75, 3.05) is 26.7 Å². The predicted octanol–water partition coefficient (Wildman–Crippen LogP) is 4.97. The first-order chi connectivity index (χ1) is 13.8. The Labute approximate surface area is 182 Å². The summed E-state index contributed by atoms with van der Waals surface area (Å²) < 4.78 is 30.2. The molecule has 0 aromatic heterocycles. The molecule has 0 heterocycles. The summed E-state index contributed by atoms with van der Waals surface area (Å²) in [4.78, 5) is 0. The van der Waals surface area contributed by atoms with Gasteiger partial charge in [0.2, 0.25) is 0 Å². The normalized spacial score (nSPS) is 10.6. The van der Waals surface area contributed by atoms with Crippen LogP contribution in [0.15, 0.2) is 36.9 Å². The van der Waals surface area contributed by atoms with Gasteiger partial charge in [-0.05, 0) is 31.2 Å². The van der Waals surface area contributed by atoms with E-state index in [4.69, 9.17) is 0 Å². The van der Waals surface area contributed by atoms with Crippen molar-refractivity contribution in [2.24, 2.45) is 0 Å². The van der Waals surface area contributed by atoms with E-state index in [-0.39, 0.29) is 4.70 Å². The lowest BCUT2D eigenvalue weighted by atomic mass is 10.0. The van der Waals surface area contributed by atoms with E-state index in [0.717, 1.165) is 11.0 Å². The molecule has 0 amide bonds. The van der Waals surface area contributed by atoms with Crippen molar-refractivity contribution >= 4 is 13.1 Å². The number of rotatable bonds is 15. The quantitative estimate of drug-likeness (QED) is 0.159. The number of hydrogen-bond acceptors (Lipinski definition) is 0. The SMILES string of the molecule is C=C(C[N+](C)(CCCCCCC)CCCCCCC)c1ccccc1.FB(F)F.[F-]. The van der Waals surface area contributed by atoms with Gasteiger partial charge in [0.1, 0.15) is 6.54 Å². The molecule has 0 N–H and O–H groups in total. The molecular weight excluding hydrogens is 389 g/mol. The summed E-state index contributed by atoms with van der Waals surface area (Å²) in [5.74, 6) is 0. The van der Waals surface area contributed by atoms with Crippen LogP contribution in [0.3, 0.4) is 0 Å². The zero-order valence-corrected chi connectivity index (χ0v) is 19.3. The van der Waals surface area contributed by atoms with Crippen molar-refractivity contribution < 1.29 is 22.1 Å². The van der Waals surface area contributed by atoms with E-state index < -0.39 is 7.54 Å². The third-order valence-electron chi connectivity index (χ3n) is 5.36. The van der Waals surface area contributed by atoms with Gasteiger partial charge in [0.15, 0.2) is 0 Å². The topological polar surface area (TPSA) is 0 Å². The highest BCUT2D eigenvalue weighted by Crippen LogP contribution is 2.20. The highest BCUT2D eigenvalue weighted by atomic mass is 19.4. The summed E-state index contributed by atoms with van der Waals surface area (Å²) in [7, 11) is -1.21. The molecule has 1 aromatic carbocycles. The average Bonchev–Trinajstić information content (AvgIpc) is 2.68. The molecule has 174 valence electrons. The molecular formula is C24H42BF4N. The van der Waals surface area contributed by atoms with Crippen molar-refractivity contribution in [3.8, 4) is 0 Å². The van der Waals surface area contributed by atoms with Gasteiger partial charge in [-0.3, -0.25) is 12.9 Å². The van der Waals surface area contributed by atoms with Crippen LogP contribution in [0.5, 0.6) is 0 Å². The minimum atomic E-state index is -3.67. The lowest BCUT2D eigenvalue weighted by molar-refractivity contribution is -0.902. The second-order valence-electron chi connectivity index (χ2n) is 8.27. The molecule has 6 heteroatoms. The van der Waals surface area contributed by atoms with Crippen molar-refractivity contribution in [1.82, 2.24) is 0 Å². The first-order valence-electron chi connectivity index (χ1n) is 11.3. The van der Waals surface area contributed by atoms with Crippen LogP contribution in [0.25, 0.3) is 5.57 Å². The number of benzene rings is 1. The zero-order valence-electron chi connectivity index (χ0n) is 19.3. The Morgan fingerprint density at radius 2 is 1.20 bits per heavy atom. The second kappa shape index (κ2) is 19.7. The van der Waals surface area contributed by atoms with E-state index in [1.165, 1.54) is 88.4 Å². The Balaban J connectivity index is 0. The molecule has 0 aliphatic rings. The van der Waals surface area contributed by atoms with Gasteiger partial charge in [0.05, 0.1) is 20.1 Å². The van der Waals surface area contributed by atoms with Crippen LogP contribution in [-0.2, 0) is 0 Å². The van der Waals surface area contributed by atoms with Gasteiger partial charge in [-0.25, -0.2) is 0 Å². The van der Waals surface area contributed by atoms with E-state index in [9.17, 15) is 12.9 Å². The number of quaternary nitrogens is 1. The highest BCUT2D eigenvalue weighted by Gasteiger charge is 2.22. The van der Waals surface area contributed by atoms with Gasteiger partial charge in [-0.1, -0.05) is 89.3 Å². The van der Waals surface area contributed by atoms with Gasteiger partial charge < -0.3 is 9.19 Å². The fraction of sp³-hybridized carbons (Fsp3) is 0.667. The van der Waals surface area contributed by atoms with Crippen molar-refractivity contribution in [2.45, 2.75) is 78.1 Å². The minimum absolute atomic E-state index is 0. The smallest absolute Gasteiger partial charge is 0.762 e. The average molecular weight is 431 g/mol. The molecule has 0 fully saturated rings. The van der Waals surface area contributed by atoms with Crippen molar-refractivity contribution in [1.29, 1.82) is 0 Å². The molecule has 0 aliphatic heterocycles. The van der Waals surface area contributed by atoms with Crippen LogP contribution in [0.4, 0.5) is 12.9 Å². The standard InChI is InChI=1S/C24H42N.BF3.FH/c1-5-7-9-11-16-20-25(4,21-17-12-10-8-6-2)22-23(3)24-18-14-13-15-19-24;2-1(3)4;/h13-15,18-19H,3,5-12,16-17,20-22H2,1-2,4H3;;1H/q+1;;/p-1. The summed E-state index contributed by atoms with van der Waals surface area (Å²) >= 11 is 0. The Morgan fingerprint density at radius 1 is 0.800 bits per heavy atom. The zero-order chi connectivity index (χ0) is 22.0. The minimum Gasteiger partial charge on any atom is -1.00 e. The van der Waals surface area contributed by atoms with E-state index in [0.29, 0.717) is 0 Å². The Bertz CT molecular complexity index is 494. The summed E-state index contributed by atoms with van der Waals surface area (Å²) in [6.45, 7) is 12.7. The third kappa shape index (κ3) is 17.6. The maximum Gasteiger partial charge on any atom is 0.762 e. The monoisotopic (exact) mass is 431 g/mol. The van der Waals surface area contributed by atoms with Gasteiger partial charge in [-0.2, -0.15) is 0 Å². The molecule has 0 saturated heterocycles. The second-order valence-corrected chi connectivity index (χ2v) is 8.27. The highest BCUT2D eigenvalue weighted by molar-refractivity contribution is 6.33. The number of unbranched alkanes of at least 4 members (excludes halogenated alkanes) is 8. The molecule has 0 aliphatic carbocycles. The molecule has 30 heavy (non-hydrogen) atoms. The summed E-state index contributed by atoms with van der Waals surface area (Å²) in [5, 5.41) is 0. The molecule has 0 atom stereocenters. The van der Waals surface area contributed by atoms with Gasteiger partial charge >= 0.3 is 7.54 Å². The fourth-order valence-electron chi connectivity index (χ4n) is 3.69. The summed E-state index contributed by atoms with van der Waals surface area (Å²) in [6, 6.07) is 10.7. The molecule has 1 nitrogen and oxygen atoms in total. The van der Waals surface area contributed by atoms with Crippen LogP contribution >= 0.6 is 0 Å².